The molecule has 0 aliphatic rings. The Bertz CT molecular complexity index is 321. The molecule has 1 unspecified atom stereocenters. The Morgan fingerprint density at radius 1 is 1.77 bits per heavy atom. The predicted octanol–water partition coefficient (Wildman–Crippen LogP) is 1.14. The van der Waals surface area contributed by atoms with Gasteiger partial charge in [-0.25, -0.2) is 9.18 Å². The van der Waals surface area contributed by atoms with Crippen LogP contribution < -0.4 is 5.73 Å². The molecule has 1 rings (SSSR count). The molecule has 0 saturated heterocycles. The van der Waals surface area contributed by atoms with Crippen molar-refractivity contribution >= 4 is 23.4 Å². The molecule has 0 saturated carbocycles. The zero-order valence-corrected chi connectivity index (χ0v) is 7.29. The maximum atomic E-state index is 12.7. The molecule has 1 aromatic heterocycles. The number of carboxylic acids is 1. The van der Waals surface area contributed by atoms with Crippen molar-refractivity contribution in [3.8, 4) is 0 Å². The van der Waals surface area contributed by atoms with Crippen molar-refractivity contribution in [3.63, 3.8) is 0 Å². The molecule has 6 heteroatoms. The van der Waals surface area contributed by atoms with Gasteiger partial charge in [-0.1, -0.05) is 11.8 Å². The van der Waals surface area contributed by atoms with E-state index in [1.165, 1.54) is 18.5 Å². The Hall–Kier alpha value is -1.30. The quantitative estimate of drug-likeness (QED) is 0.718. The number of thioether (sulfide) groups is 1. The van der Waals surface area contributed by atoms with E-state index in [4.69, 9.17) is 10.8 Å². The first kappa shape index (κ1) is 9.79. The summed E-state index contributed by atoms with van der Waals surface area (Å²) in [5, 5.41) is 8.28. The summed E-state index contributed by atoms with van der Waals surface area (Å²) >= 11 is 0.547. The Morgan fingerprint density at radius 3 is 3.00 bits per heavy atom. The van der Waals surface area contributed by atoms with Crippen LogP contribution in [0.5, 0.6) is 0 Å². The van der Waals surface area contributed by atoms with Crippen LogP contribution >= 0.6 is 11.8 Å². The van der Waals surface area contributed by atoms with Crippen LogP contribution in [0.2, 0.25) is 0 Å². The molecule has 70 valence electrons. The van der Waals surface area contributed by atoms with Crippen molar-refractivity contribution in [3.05, 3.63) is 18.5 Å². The van der Waals surface area contributed by atoms with Crippen molar-refractivity contribution < 1.29 is 14.3 Å². The van der Waals surface area contributed by atoms with Crippen LogP contribution in [0.15, 0.2) is 23.4 Å². The molecule has 0 bridgehead atoms. The molecule has 0 aliphatic carbocycles. The number of aliphatic carboxylic acids is 1. The van der Waals surface area contributed by atoms with Crippen molar-refractivity contribution in [2.45, 2.75) is 10.4 Å². The fourth-order valence-corrected chi connectivity index (χ4v) is 1.32. The highest BCUT2D eigenvalue weighted by Gasteiger charge is 2.17. The Labute approximate surface area is 78.0 Å². The Morgan fingerprint density at radius 2 is 2.46 bits per heavy atom. The van der Waals surface area contributed by atoms with Gasteiger partial charge >= 0.3 is 5.97 Å². The highest BCUT2D eigenvalue weighted by Crippen LogP contribution is 2.28. The van der Waals surface area contributed by atoms with Crippen LogP contribution in [-0.2, 0) is 4.79 Å². The van der Waals surface area contributed by atoms with E-state index in [1.807, 2.05) is 0 Å². The van der Waals surface area contributed by atoms with Gasteiger partial charge in [0.1, 0.15) is 0 Å². The van der Waals surface area contributed by atoms with E-state index in [-0.39, 0.29) is 5.69 Å². The van der Waals surface area contributed by atoms with Gasteiger partial charge in [-0.2, -0.15) is 0 Å². The number of pyridine rings is 1. The van der Waals surface area contributed by atoms with Crippen molar-refractivity contribution in [2.24, 2.45) is 0 Å². The second kappa shape index (κ2) is 4.08. The van der Waals surface area contributed by atoms with Gasteiger partial charge in [-0.05, 0) is 6.07 Å². The molecule has 1 atom stereocenters. The van der Waals surface area contributed by atoms with Crippen LogP contribution in [0.3, 0.4) is 0 Å². The van der Waals surface area contributed by atoms with Gasteiger partial charge in [-0.3, -0.25) is 4.98 Å². The second-order valence-corrected chi connectivity index (χ2v) is 3.28. The molecule has 0 aliphatic heterocycles. The lowest BCUT2D eigenvalue weighted by molar-refractivity contribution is -0.139. The minimum absolute atomic E-state index is 0.274. The maximum Gasteiger partial charge on any atom is 0.349 e. The SMILES string of the molecule is Nc1cnccc1SC(F)C(=O)O. The zero-order chi connectivity index (χ0) is 9.84. The van der Waals surface area contributed by atoms with E-state index in [0.29, 0.717) is 16.7 Å². The highest BCUT2D eigenvalue weighted by atomic mass is 32.2. The highest BCUT2D eigenvalue weighted by molar-refractivity contribution is 8.00. The van der Waals surface area contributed by atoms with E-state index >= 15 is 0 Å². The van der Waals surface area contributed by atoms with Gasteiger partial charge < -0.3 is 10.8 Å². The molecule has 13 heavy (non-hydrogen) atoms. The zero-order valence-electron chi connectivity index (χ0n) is 6.48. The molecule has 1 aromatic rings. The summed E-state index contributed by atoms with van der Waals surface area (Å²) in [5.74, 6) is -1.51. The van der Waals surface area contributed by atoms with Crippen LogP contribution in [0.25, 0.3) is 0 Å². The van der Waals surface area contributed by atoms with Gasteiger partial charge in [0.2, 0.25) is 5.50 Å². The lowest BCUT2D eigenvalue weighted by Crippen LogP contribution is -2.09. The third-order valence-corrected chi connectivity index (χ3v) is 2.27. The van der Waals surface area contributed by atoms with E-state index in [0.717, 1.165) is 0 Å². The average Bonchev–Trinajstić information content (AvgIpc) is 2.08. The first-order valence-electron chi connectivity index (χ1n) is 3.34. The van der Waals surface area contributed by atoms with Crippen LogP contribution in [-0.4, -0.2) is 21.6 Å². The molecular formula is C7H7FN2O2S. The predicted molar refractivity (Wildman–Crippen MR) is 47.0 cm³/mol. The lowest BCUT2D eigenvalue weighted by atomic mass is 10.4. The minimum Gasteiger partial charge on any atom is -0.478 e. The number of anilines is 1. The molecule has 0 radical (unpaired) electrons. The number of rotatable bonds is 3. The number of halogens is 1. The number of hydrogen-bond acceptors (Lipinski definition) is 4. The fraction of sp³-hybridized carbons (Fsp3) is 0.143. The van der Waals surface area contributed by atoms with Crippen LogP contribution in [0.1, 0.15) is 0 Å². The minimum atomic E-state index is -2.00. The molecule has 1 heterocycles. The smallest absolute Gasteiger partial charge is 0.349 e. The van der Waals surface area contributed by atoms with Crippen molar-refractivity contribution in [1.82, 2.24) is 4.98 Å². The molecule has 0 aromatic carbocycles. The number of nitrogen functional groups attached to an aromatic ring is 1. The number of carboxylic acid groups (broad SMARTS) is 1. The molecular weight excluding hydrogens is 195 g/mol. The van der Waals surface area contributed by atoms with Crippen LogP contribution in [0.4, 0.5) is 10.1 Å². The van der Waals surface area contributed by atoms with E-state index < -0.39 is 11.5 Å². The van der Waals surface area contributed by atoms with Gasteiger partial charge in [0.25, 0.3) is 0 Å². The summed E-state index contributed by atoms with van der Waals surface area (Å²) in [6.07, 6.45) is 2.77. The van der Waals surface area contributed by atoms with E-state index in [1.54, 1.807) is 0 Å². The monoisotopic (exact) mass is 202 g/mol. The summed E-state index contributed by atoms with van der Waals surface area (Å²) in [5.41, 5.74) is 3.70. The average molecular weight is 202 g/mol. The third-order valence-electron chi connectivity index (χ3n) is 1.23. The van der Waals surface area contributed by atoms with E-state index in [9.17, 15) is 9.18 Å². The van der Waals surface area contributed by atoms with Gasteiger partial charge in [0.15, 0.2) is 0 Å². The number of hydrogen-bond donors (Lipinski definition) is 2. The van der Waals surface area contributed by atoms with Gasteiger partial charge in [0, 0.05) is 11.1 Å². The fourth-order valence-electron chi connectivity index (χ4n) is 0.663. The van der Waals surface area contributed by atoms with Crippen molar-refractivity contribution in [1.29, 1.82) is 0 Å². The Balaban J connectivity index is 2.74. The summed E-state index contributed by atoms with van der Waals surface area (Å²) in [4.78, 5) is 14.2. The largest absolute Gasteiger partial charge is 0.478 e. The van der Waals surface area contributed by atoms with Gasteiger partial charge in [0.05, 0.1) is 11.9 Å². The molecule has 0 amide bonds. The Kier molecular flexibility index (Phi) is 3.07. The first-order valence-corrected chi connectivity index (χ1v) is 4.22. The number of nitrogens with two attached hydrogens (primary N) is 1. The molecule has 4 nitrogen and oxygen atoms in total. The maximum absolute atomic E-state index is 12.7. The standard InChI is InChI=1S/C7H7FN2O2S/c8-6(7(11)12)13-5-1-2-10-3-4(5)9/h1-3,6H,9H2,(H,11,12). The lowest BCUT2D eigenvalue weighted by Gasteiger charge is -2.04. The van der Waals surface area contributed by atoms with Crippen molar-refractivity contribution in [2.75, 3.05) is 5.73 Å². The number of nitrogens with zero attached hydrogens (tertiary/aromatic N) is 1. The summed E-state index contributed by atoms with van der Waals surface area (Å²) in [6, 6.07) is 1.47. The number of carbonyl (C=O) groups is 1. The molecule has 3 N–H and O–H groups in total. The summed E-state index contributed by atoms with van der Waals surface area (Å²) in [6.45, 7) is 0. The number of aromatic nitrogens is 1. The molecule has 0 spiro atoms. The molecule has 0 fully saturated rings. The van der Waals surface area contributed by atoms with Gasteiger partial charge in [-0.15, -0.1) is 0 Å². The summed E-state index contributed by atoms with van der Waals surface area (Å²) < 4.78 is 12.7. The number of alkyl halides is 1. The third kappa shape index (κ3) is 2.59. The van der Waals surface area contributed by atoms with E-state index in [2.05, 4.69) is 4.98 Å². The first-order chi connectivity index (χ1) is 6.11. The second-order valence-electron chi connectivity index (χ2n) is 2.19. The normalized spacial score (nSPS) is 12.4. The summed E-state index contributed by atoms with van der Waals surface area (Å²) in [7, 11) is 0. The topological polar surface area (TPSA) is 76.2 Å². The van der Waals surface area contributed by atoms with Crippen LogP contribution in [0, 0.1) is 0 Å².